The van der Waals surface area contributed by atoms with Crippen LogP contribution in [-0.2, 0) is 10.3 Å². The number of hydrogen-bond acceptors (Lipinski definition) is 5. The van der Waals surface area contributed by atoms with E-state index in [9.17, 15) is 0 Å². The van der Waals surface area contributed by atoms with Crippen LogP contribution >= 0.6 is 0 Å². The second-order valence-corrected chi connectivity index (χ2v) is 4.70. The van der Waals surface area contributed by atoms with Gasteiger partial charge in [0, 0.05) is 7.11 Å². The fraction of sp³-hybridized carbons (Fsp3) is 0.833. The van der Waals surface area contributed by atoms with E-state index in [-0.39, 0.29) is 11.6 Å². The molecule has 0 saturated carbocycles. The Morgan fingerprint density at radius 3 is 3.00 bits per heavy atom. The molecule has 1 aromatic heterocycles. The number of ether oxygens (including phenoxy) is 1. The number of nitrogens with one attached hydrogen (secondary N) is 1. The van der Waals surface area contributed by atoms with Crippen LogP contribution in [0.5, 0.6) is 0 Å². The maximum Gasteiger partial charge on any atom is 0.247 e. The van der Waals surface area contributed by atoms with E-state index in [1.54, 1.807) is 7.11 Å². The number of hydrogen-bond donors (Lipinski definition) is 1. The molecule has 1 N–H and O–H groups in total. The van der Waals surface area contributed by atoms with E-state index in [1.807, 2.05) is 6.92 Å². The Morgan fingerprint density at radius 1 is 1.59 bits per heavy atom. The first-order valence-electron chi connectivity index (χ1n) is 6.34. The lowest BCUT2D eigenvalue weighted by molar-refractivity contribution is 0.109. The summed E-state index contributed by atoms with van der Waals surface area (Å²) in [6.45, 7) is 5.12. The number of nitrogens with zero attached hydrogens (tertiary/aromatic N) is 2. The second-order valence-electron chi connectivity index (χ2n) is 4.70. The Balaban J connectivity index is 2.22. The Kier molecular flexibility index (Phi) is 3.79. The van der Waals surface area contributed by atoms with Crippen molar-refractivity contribution in [1.29, 1.82) is 0 Å². The number of rotatable bonds is 5. The van der Waals surface area contributed by atoms with Gasteiger partial charge in [-0.2, -0.15) is 4.98 Å². The molecule has 0 bridgehead atoms. The van der Waals surface area contributed by atoms with Gasteiger partial charge in [0.15, 0.2) is 5.82 Å². The van der Waals surface area contributed by atoms with Crippen LogP contribution in [-0.4, -0.2) is 23.8 Å². The molecule has 5 nitrogen and oxygen atoms in total. The third-order valence-electron chi connectivity index (χ3n) is 3.49. The highest BCUT2D eigenvalue weighted by atomic mass is 16.5. The molecular weight excluding hydrogens is 218 g/mol. The lowest BCUT2D eigenvalue weighted by atomic mass is 9.92. The molecule has 0 aromatic carbocycles. The SMILES string of the molecule is CCCC1(c2nc(C(C)OC)no2)CCCN1. The van der Waals surface area contributed by atoms with Crippen LogP contribution in [0.3, 0.4) is 0 Å². The van der Waals surface area contributed by atoms with E-state index in [0.717, 1.165) is 38.1 Å². The Morgan fingerprint density at radius 2 is 2.41 bits per heavy atom. The topological polar surface area (TPSA) is 60.2 Å². The number of methoxy groups -OCH3 is 1. The van der Waals surface area contributed by atoms with Gasteiger partial charge < -0.3 is 14.6 Å². The van der Waals surface area contributed by atoms with Crippen molar-refractivity contribution in [3.63, 3.8) is 0 Å². The van der Waals surface area contributed by atoms with E-state index in [4.69, 9.17) is 9.26 Å². The minimum Gasteiger partial charge on any atom is -0.374 e. The van der Waals surface area contributed by atoms with Crippen LogP contribution in [0.1, 0.15) is 57.3 Å². The fourth-order valence-corrected chi connectivity index (χ4v) is 2.44. The maximum absolute atomic E-state index is 5.42. The van der Waals surface area contributed by atoms with Gasteiger partial charge in [-0.25, -0.2) is 0 Å². The zero-order valence-corrected chi connectivity index (χ0v) is 10.8. The van der Waals surface area contributed by atoms with Crippen LogP contribution in [0.25, 0.3) is 0 Å². The van der Waals surface area contributed by atoms with Gasteiger partial charge in [-0.3, -0.25) is 0 Å². The molecule has 2 rings (SSSR count). The predicted octanol–water partition coefficient (Wildman–Crippen LogP) is 2.16. The normalized spacial score (nSPS) is 26.3. The summed E-state index contributed by atoms with van der Waals surface area (Å²) in [7, 11) is 1.65. The van der Waals surface area contributed by atoms with E-state index < -0.39 is 0 Å². The van der Waals surface area contributed by atoms with Gasteiger partial charge in [0.1, 0.15) is 6.10 Å². The van der Waals surface area contributed by atoms with Crippen LogP contribution in [0.15, 0.2) is 4.52 Å². The van der Waals surface area contributed by atoms with Crippen molar-refractivity contribution in [3.05, 3.63) is 11.7 Å². The molecule has 96 valence electrons. The summed E-state index contributed by atoms with van der Waals surface area (Å²) in [6.07, 6.45) is 4.26. The zero-order chi connectivity index (χ0) is 12.3. The van der Waals surface area contributed by atoms with Crippen LogP contribution in [0, 0.1) is 0 Å². The van der Waals surface area contributed by atoms with Crippen molar-refractivity contribution in [3.8, 4) is 0 Å². The quantitative estimate of drug-likeness (QED) is 0.853. The van der Waals surface area contributed by atoms with E-state index in [0.29, 0.717) is 5.82 Å². The standard InChI is InChI=1S/C12H21N3O2/c1-4-6-12(7-5-8-13-12)11-14-10(15-17-11)9(2)16-3/h9,13H,4-8H2,1-3H3. The Labute approximate surface area is 102 Å². The molecule has 0 aliphatic carbocycles. The summed E-state index contributed by atoms with van der Waals surface area (Å²) in [5.41, 5.74) is -0.104. The zero-order valence-electron chi connectivity index (χ0n) is 10.8. The summed E-state index contributed by atoms with van der Waals surface area (Å²) in [6, 6.07) is 0. The van der Waals surface area contributed by atoms with Crippen LogP contribution in [0.2, 0.25) is 0 Å². The lowest BCUT2D eigenvalue weighted by Crippen LogP contribution is -2.37. The van der Waals surface area contributed by atoms with Crippen molar-refractivity contribution >= 4 is 0 Å². The van der Waals surface area contributed by atoms with Crippen molar-refractivity contribution in [2.24, 2.45) is 0 Å². The molecule has 1 aromatic rings. The highest BCUT2D eigenvalue weighted by Gasteiger charge is 2.39. The van der Waals surface area contributed by atoms with Gasteiger partial charge in [0.05, 0.1) is 5.54 Å². The molecule has 1 aliphatic rings. The predicted molar refractivity (Wildman–Crippen MR) is 63.5 cm³/mol. The first-order chi connectivity index (χ1) is 8.22. The van der Waals surface area contributed by atoms with E-state index >= 15 is 0 Å². The molecule has 1 aliphatic heterocycles. The summed E-state index contributed by atoms with van der Waals surface area (Å²) in [4.78, 5) is 4.49. The number of aromatic nitrogens is 2. The van der Waals surface area contributed by atoms with Crippen LogP contribution < -0.4 is 5.32 Å². The molecule has 1 saturated heterocycles. The van der Waals surface area contributed by atoms with Gasteiger partial charge in [-0.05, 0) is 32.7 Å². The molecule has 5 heteroatoms. The van der Waals surface area contributed by atoms with Gasteiger partial charge in [0.2, 0.25) is 5.89 Å². The molecule has 0 radical (unpaired) electrons. The summed E-state index contributed by atoms with van der Waals surface area (Å²) < 4.78 is 10.6. The minimum atomic E-state index is -0.118. The third kappa shape index (κ3) is 2.35. The molecule has 17 heavy (non-hydrogen) atoms. The largest absolute Gasteiger partial charge is 0.374 e. The van der Waals surface area contributed by atoms with Crippen molar-refractivity contribution in [2.45, 2.75) is 51.2 Å². The maximum atomic E-state index is 5.42. The van der Waals surface area contributed by atoms with Crippen molar-refractivity contribution < 1.29 is 9.26 Å². The van der Waals surface area contributed by atoms with E-state index in [2.05, 4.69) is 22.4 Å². The van der Waals surface area contributed by atoms with Gasteiger partial charge >= 0.3 is 0 Å². The van der Waals surface area contributed by atoms with Crippen molar-refractivity contribution in [1.82, 2.24) is 15.5 Å². The molecule has 0 amide bonds. The average Bonchev–Trinajstić information content (AvgIpc) is 2.97. The average molecular weight is 239 g/mol. The van der Waals surface area contributed by atoms with Crippen molar-refractivity contribution in [2.75, 3.05) is 13.7 Å². The van der Waals surface area contributed by atoms with Gasteiger partial charge in [0.25, 0.3) is 0 Å². The molecule has 0 spiro atoms. The highest BCUT2D eigenvalue weighted by molar-refractivity contribution is 5.07. The Bertz CT molecular complexity index is 358. The Hall–Kier alpha value is -0.940. The van der Waals surface area contributed by atoms with Gasteiger partial charge in [-0.1, -0.05) is 18.5 Å². The molecule has 2 unspecified atom stereocenters. The first kappa shape index (κ1) is 12.5. The molecule has 1 fully saturated rings. The molecule has 2 heterocycles. The van der Waals surface area contributed by atoms with E-state index in [1.165, 1.54) is 0 Å². The highest BCUT2D eigenvalue weighted by Crippen LogP contribution is 2.34. The summed E-state index contributed by atoms with van der Waals surface area (Å²) in [5.74, 6) is 1.35. The van der Waals surface area contributed by atoms with Crippen LogP contribution in [0.4, 0.5) is 0 Å². The summed E-state index contributed by atoms with van der Waals surface area (Å²) >= 11 is 0. The minimum absolute atomic E-state index is 0.104. The lowest BCUT2D eigenvalue weighted by Gasteiger charge is -2.24. The fourth-order valence-electron chi connectivity index (χ4n) is 2.44. The first-order valence-corrected chi connectivity index (χ1v) is 6.34. The smallest absolute Gasteiger partial charge is 0.247 e. The van der Waals surface area contributed by atoms with Gasteiger partial charge in [-0.15, -0.1) is 0 Å². The monoisotopic (exact) mass is 239 g/mol. The second kappa shape index (κ2) is 5.14. The molecular formula is C12H21N3O2. The third-order valence-corrected chi connectivity index (χ3v) is 3.49. The molecule has 2 atom stereocenters. The summed E-state index contributed by atoms with van der Waals surface area (Å²) in [5, 5.41) is 7.53.